The second-order valence-electron chi connectivity index (χ2n) is 7.29. The van der Waals surface area contributed by atoms with Crippen LogP contribution in [-0.2, 0) is 9.53 Å². The number of carbonyl (C=O) groups is 3. The summed E-state index contributed by atoms with van der Waals surface area (Å²) in [5.41, 5.74) is 2.60. The van der Waals surface area contributed by atoms with Crippen LogP contribution in [0.4, 0.5) is 5.69 Å². The Labute approximate surface area is 176 Å². The lowest BCUT2D eigenvalue weighted by atomic mass is 10.1. The van der Waals surface area contributed by atoms with Gasteiger partial charge >= 0.3 is 0 Å². The lowest BCUT2D eigenvalue weighted by Crippen LogP contribution is -2.46. The van der Waals surface area contributed by atoms with Crippen LogP contribution in [0, 0.1) is 6.92 Å². The second kappa shape index (κ2) is 10.0. The van der Waals surface area contributed by atoms with Gasteiger partial charge in [0, 0.05) is 37.0 Å². The largest absolute Gasteiger partial charge is 0.383 e. The van der Waals surface area contributed by atoms with E-state index in [2.05, 4.69) is 10.6 Å². The van der Waals surface area contributed by atoms with E-state index in [0.717, 1.165) is 12.0 Å². The van der Waals surface area contributed by atoms with Crippen molar-refractivity contribution in [2.45, 2.75) is 25.8 Å². The third-order valence-corrected chi connectivity index (χ3v) is 5.20. The van der Waals surface area contributed by atoms with Crippen LogP contribution in [-0.4, -0.2) is 55.5 Å². The van der Waals surface area contributed by atoms with Crippen LogP contribution in [0.25, 0.3) is 0 Å². The van der Waals surface area contributed by atoms with Crippen molar-refractivity contribution in [3.05, 3.63) is 65.2 Å². The smallest absolute Gasteiger partial charge is 0.255 e. The summed E-state index contributed by atoms with van der Waals surface area (Å²) >= 11 is 0. The molecule has 1 aliphatic heterocycles. The van der Waals surface area contributed by atoms with Crippen LogP contribution in [0.3, 0.4) is 0 Å². The van der Waals surface area contributed by atoms with Gasteiger partial charge in [-0.25, -0.2) is 0 Å². The number of nitrogens with one attached hydrogen (secondary N) is 2. The Kier molecular flexibility index (Phi) is 7.19. The predicted molar refractivity (Wildman–Crippen MR) is 115 cm³/mol. The topological polar surface area (TPSA) is 87.7 Å². The van der Waals surface area contributed by atoms with E-state index >= 15 is 0 Å². The van der Waals surface area contributed by atoms with Crippen LogP contribution < -0.4 is 10.6 Å². The highest BCUT2D eigenvalue weighted by Gasteiger charge is 2.34. The van der Waals surface area contributed by atoms with E-state index in [0.29, 0.717) is 42.9 Å². The number of likely N-dealkylation sites (tertiary alicyclic amines) is 1. The van der Waals surface area contributed by atoms with Crippen LogP contribution in [0.15, 0.2) is 48.5 Å². The number of anilines is 1. The number of methoxy groups -OCH3 is 1. The number of rotatable bonds is 7. The first-order chi connectivity index (χ1) is 14.5. The molecule has 1 unspecified atom stereocenters. The van der Waals surface area contributed by atoms with Crippen molar-refractivity contribution in [1.29, 1.82) is 0 Å². The molecule has 3 rings (SSSR count). The molecule has 1 aliphatic rings. The average Bonchev–Trinajstić information content (AvgIpc) is 3.24. The van der Waals surface area contributed by atoms with E-state index in [-0.39, 0.29) is 17.7 Å². The van der Waals surface area contributed by atoms with Crippen molar-refractivity contribution in [1.82, 2.24) is 10.2 Å². The van der Waals surface area contributed by atoms with Crippen LogP contribution in [0.1, 0.15) is 39.1 Å². The number of aryl methyl sites for hydroxylation is 1. The third-order valence-electron chi connectivity index (χ3n) is 5.20. The molecule has 0 spiro atoms. The predicted octanol–water partition coefficient (Wildman–Crippen LogP) is 2.61. The van der Waals surface area contributed by atoms with Crippen molar-refractivity contribution >= 4 is 23.4 Å². The number of carbonyl (C=O) groups excluding carboxylic acids is 3. The molecule has 7 nitrogen and oxygen atoms in total. The van der Waals surface area contributed by atoms with Crippen molar-refractivity contribution in [2.75, 3.05) is 32.1 Å². The summed E-state index contributed by atoms with van der Waals surface area (Å²) in [7, 11) is 1.57. The van der Waals surface area contributed by atoms with E-state index in [1.54, 1.807) is 42.3 Å². The minimum absolute atomic E-state index is 0.153. The lowest BCUT2D eigenvalue weighted by molar-refractivity contribution is -0.125. The summed E-state index contributed by atoms with van der Waals surface area (Å²) < 4.78 is 4.95. The zero-order valence-electron chi connectivity index (χ0n) is 17.3. The molecule has 158 valence electrons. The summed E-state index contributed by atoms with van der Waals surface area (Å²) in [6.07, 6.45) is 1.44. The zero-order chi connectivity index (χ0) is 21.5. The molecular formula is C23H27N3O4. The van der Waals surface area contributed by atoms with Gasteiger partial charge in [0.25, 0.3) is 11.8 Å². The van der Waals surface area contributed by atoms with Gasteiger partial charge in [-0.2, -0.15) is 0 Å². The first-order valence-corrected chi connectivity index (χ1v) is 10.1. The number of nitrogens with zero attached hydrogens (tertiary/aromatic N) is 1. The van der Waals surface area contributed by atoms with Gasteiger partial charge in [-0.1, -0.05) is 18.2 Å². The molecular weight excluding hydrogens is 382 g/mol. The number of hydrogen-bond donors (Lipinski definition) is 2. The molecule has 1 atom stereocenters. The summed E-state index contributed by atoms with van der Waals surface area (Å²) in [6.45, 7) is 3.28. The molecule has 0 saturated carbocycles. The van der Waals surface area contributed by atoms with Crippen molar-refractivity contribution in [3.8, 4) is 0 Å². The van der Waals surface area contributed by atoms with Crippen LogP contribution >= 0.6 is 0 Å². The molecule has 1 saturated heterocycles. The fourth-order valence-electron chi connectivity index (χ4n) is 3.56. The molecule has 30 heavy (non-hydrogen) atoms. The Morgan fingerprint density at radius 2 is 1.83 bits per heavy atom. The summed E-state index contributed by atoms with van der Waals surface area (Å²) in [5.74, 6) is -0.532. The lowest BCUT2D eigenvalue weighted by Gasteiger charge is -2.24. The SMILES string of the molecule is COCCNC(=O)C1CCCN1C(=O)c1ccc(NC(=O)c2ccccc2C)cc1. The third kappa shape index (κ3) is 5.04. The van der Waals surface area contributed by atoms with Gasteiger partial charge in [-0.3, -0.25) is 14.4 Å². The van der Waals surface area contributed by atoms with Gasteiger partial charge in [-0.05, 0) is 55.7 Å². The highest BCUT2D eigenvalue weighted by atomic mass is 16.5. The molecule has 1 heterocycles. The fraction of sp³-hybridized carbons (Fsp3) is 0.348. The highest BCUT2D eigenvalue weighted by Crippen LogP contribution is 2.21. The molecule has 0 aliphatic carbocycles. The van der Waals surface area contributed by atoms with Gasteiger partial charge in [0.15, 0.2) is 0 Å². The monoisotopic (exact) mass is 409 g/mol. The number of amides is 3. The van der Waals surface area contributed by atoms with Crippen molar-refractivity contribution < 1.29 is 19.1 Å². The Morgan fingerprint density at radius 1 is 1.10 bits per heavy atom. The first-order valence-electron chi connectivity index (χ1n) is 10.1. The van der Waals surface area contributed by atoms with E-state index in [1.807, 2.05) is 25.1 Å². The average molecular weight is 409 g/mol. The Morgan fingerprint density at radius 3 is 2.53 bits per heavy atom. The Bertz CT molecular complexity index is 911. The molecule has 2 N–H and O–H groups in total. The van der Waals surface area contributed by atoms with Crippen molar-refractivity contribution in [3.63, 3.8) is 0 Å². The molecule has 7 heteroatoms. The van der Waals surface area contributed by atoms with Crippen molar-refractivity contribution in [2.24, 2.45) is 0 Å². The molecule has 0 bridgehead atoms. The molecule has 2 aromatic carbocycles. The fourth-order valence-corrected chi connectivity index (χ4v) is 3.56. The maximum atomic E-state index is 12.9. The summed E-state index contributed by atoms with van der Waals surface area (Å²) in [5, 5.41) is 5.66. The van der Waals surface area contributed by atoms with Crippen LogP contribution in [0.2, 0.25) is 0 Å². The molecule has 2 aromatic rings. The molecule has 3 amide bonds. The maximum absolute atomic E-state index is 12.9. The Balaban J connectivity index is 1.64. The van der Waals surface area contributed by atoms with Crippen LogP contribution in [0.5, 0.6) is 0 Å². The molecule has 0 aromatic heterocycles. The number of benzene rings is 2. The number of ether oxygens (including phenoxy) is 1. The maximum Gasteiger partial charge on any atom is 0.255 e. The zero-order valence-corrected chi connectivity index (χ0v) is 17.3. The quantitative estimate of drug-likeness (QED) is 0.688. The van der Waals surface area contributed by atoms with Gasteiger partial charge in [0.2, 0.25) is 5.91 Å². The minimum atomic E-state index is -0.463. The summed E-state index contributed by atoms with van der Waals surface area (Å²) in [4.78, 5) is 39.4. The highest BCUT2D eigenvalue weighted by molar-refractivity contribution is 6.05. The molecule has 1 fully saturated rings. The molecule has 0 radical (unpaired) electrons. The standard InChI is InChI=1S/C23H27N3O4/c1-16-6-3-4-7-19(16)21(27)25-18-11-9-17(10-12-18)23(29)26-14-5-8-20(26)22(28)24-13-15-30-2/h3-4,6-7,9-12,20H,5,8,13-15H2,1-2H3,(H,24,28)(H,25,27). The van der Waals surface area contributed by atoms with E-state index < -0.39 is 6.04 Å². The normalized spacial score (nSPS) is 15.7. The Hall–Kier alpha value is -3.19. The second-order valence-corrected chi connectivity index (χ2v) is 7.29. The van der Waals surface area contributed by atoms with Gasteiger partial charge in [-0.15, -0.1) is 0 Å². The number of hydrogen-bond acceptors (Lipinski definition) is 4. The van der Waals surface area contributed by atoms with Gasteiger partial charge in [0.1, 0.15) is 6.04 Å². The summed E-state index contributed by atoms with van der Waals surface area (Å²) in [6, 6.07) is 13.7. The minimum Gasteiger partial charge on any atom is -0.383 e. The van der Waals surface area contributed by atoms with E-state index in [9.17, 15) is 14.4 Å². The van der Waals surface area contributed by atoms with Gasteiger partial charge < -0.3 is 20.3 Å². The van der Waals surface area contributed by atoms with E-state index in [1.165, 1.54) is 0 Å². The van der Waals surface area contributed by atoms with E-state index in [4.69, 9.17) is 4.74 Å². The van der Waals surface area contributed by atoms with Gasteiger partial charge in [0.05, 0.1) is 6.61 Å². The first kappa shape index (κ1) is 21.5.